The number of benzene rings is 2. The lowest BCUT2D eigenvalue weighted by Gasteiger charge is -2.21. The van der Waals surface area contributed by atoms with Crippen LogP contribution in [0.2, 0.25) is 5.02 Å². The zero-order valence-corrected chi connectivity index (χ0v) is 17.3. The standard InChI is InChI=1S/C22H27ClN2O3/c1-15(2)28-19-6-4-5-16(11-19)12-22(26)24-18-9-10-25(14-18)20-13-17(23)7-8-21(20)27-3/h4-8,11,13,15,18H,9-10,12,14H2,1-3H3,(H,24,26). The van der Waals surface area contributed by atoms with Crippen LogP contribution in [-0.4, -0.2) is 38.3 Å². The second kappa shape index (κ2) is 9.20. The average Bonchev–Trinajstić information content (AvgIpc) is 3.09. The van der Waals surface area contributed by atoms with Crippen molar-refractivity contribution in [1.82, 2.24) is 5.32 Å². The lowest BCUT2D eigenvalue weighted by molar-refractivity contribution is -0.121. The molecule has 2 aromatic carbocycles. The van der Waals surface area contributed by atoms with E-state index in [-0.39, 0.29) is 18.1 Å². The normalized spacial score (nSPS) is 16.3. The first-order chi connectivity index (χ1) is 13.4. The molecule has 0 radical (unpaired) electrons. The summed E-state index contributed by atoms with van der Waals surface area (Å²) in [5, 5.41) is 3.82. The summed E-state index contributed by atoms with van der Waals surface area (Å²) >= 11 is 6.15. The van der Waals surface area contributed by atoms with Gasteiger partial charge in [-0.3, -0.25) is 4.79 Å². The van der Waals surface area contributed by atoms with Gasteiger partial charge in [-0.1, -0.05) is 23.7 Å². The summed E-state index contributed by atoms with van der Waals surface area (Å²) in [6, 6.07) is 13.4. The number of carbonyl (C=O) groups is 1. The predicted octanol–water partition coefficient (Wildman–Crippen LogP) is 4.07. The molecule has 150 valence electrons. The molecule has 1 saturated heterocycles. The Morgan fingerprint density at radius 3 is 2.86 bits per heavy atom. The van der Waals surface area contributed by atoms with Gasteiger partial charge in [0.05, 0.1) is 25.3 Å². The van der Waals surface area contributed by atoms with Gasteiger partial charge in [-0.15, -0.1) is 0 Å². The number of hydrogen-bond acceptors (Lipinski definition) is 4. The topological polar surface area (TPSA) is 50.8 Å². The summed E-state index contributed by atoms with van der Waals surface area (Å²) in [5.74, 6) is 1.60. The fraction of sp³-hybridized carbons (Fsp3) is 0.409. The van der Waals surface area contributed by atoms with Gasteiger partial charge >= 0.3 is 0 Å². The number of rotatable bonds is 7. The smallest absolute Gasteiger partial charge is 0.224 e. The zero-order chi connectivity index (χ0) is 20.1. The maximum absolute atomic E-state index is 12.5. The van der Waals surface area contributed by atoms with Crippen LogP contribution in [0.4, 0.5) is 5.69 Å². The largest absolute Gasteiger partial charge is 0.495 e. The van der Waals surface area contributed by atoms with Gasteiger partial charge in [0.25, 0.3) is 0 Å². The lowest BCUT2D eigenvalue weighted by atomic mass is 10.1. The number of nitrogens with zero attached hydrogens (tertiary/aromatic N) is 1. The minimum absolute atomic E-state index is 0.0200. The van der Waals surface area contributed by atoms with Gasteiger partial charge in [0.2, 0.25) is 5.91 Å². The first-order valence-corrected chi connectivity index (χ1v) is 9.96. The molecule has 1 fully saturated rings. The molecular formula is C22H27ClN2O3. The Bertz CT molecular complexity index is 825. The molecule has 0 aliphatic carbocycles. The van der Waals surface area contributed by atoms with Gasteiger partial charge in [0, 0.05) is 24.2 Å². The summed E-state index contributed by atoms with van der Waals surface area (Å²) in [6.07, 6.45) is 1.33. The number of ether oxygens (including phenoxy) is 2. The van der Waals surface area contributed by atoms with Crippen molar-refractivity contribution in [3.8, 4) is 11.5 Å². The molecule has 2 aromatic rings. The van der Waals surface area contributed by atoms with Crippen LogP contribution in [0.5, 0.6) is 11.5 Å². The molecule has 6 heteroatoms. The number of hydrogen-bond donors (Lipinski definition) is 1. The average molecular weight is 403 g/mol. The molecule has 28 heavy (non-hydrogen) atoms. The molecule has 0 bridgehead atoms. The first-order valence-electron chi connectivity index (χ1n) is 9.58. The molecule has 5 nitrogen and oxygen atoms in total. The summed E-state index contributed by atoms with van der Waals surface area (Å²) < 4.78 is 11.2. The molecule has 1 unspecified atom stereocenters. The van der Waals surface area contributed by atoms with E-state index in [4.69, 9.17) is 21.1 Å². The molecule has 0 aromatic heterocycles. The lowest BCUT2D eigenvalue weighted by Crippen LogP contribution is -2.38. The second-order valence-electron chi connectivity index (χ2n) is 7.31. The SMILES string of the molecule is COc1ccc(Cl)cc1N1CCC(NC(=O)Cc2cccc(OC(C)C)c2)C1. The summed E-state index contributed by atoms with van der Waals surface area (Å²) in [5.41, 5.74) is 1.91. The molecule has 1 heterocycles. The summed E-state index contributed by atoms with van der Waals surface area (Å²) in [6.45, 7) is 5.55. The van der Waals surface area contributed by atoms with Crippen LogP contribution in [0, 0.1) is 0 Å². The fourth-order valence-electron chi connectivity index (χ4n) is 3.47. The number of halogens is 1. The van der Waals surface area contributed by atoms with Crippen molar-refractivity contribution in [3.05, 3.63) is 53.1 Å². The van der Waals surface area contributed by atoms with Crippen LogP contribution in [0.25, 0.3) is 0 Å². The maximum atomic E-state index is 12.5. The minimum Gasteiger partial charge on any atom is -0.495 e. The minimum atomic E-state index is 0.0200. The van der Waals surface area contributed by atoms with E-state index in [9.17, 15) is 4.79 Å². The second-order valence-corrected chi connectivity index (χ2v) is 7.74. The van der Waals surface area contributed by atoms with Gasteiger partial charge in [-0.2, -0.15) is 0 Å². The van der Waals surface area contributed by atoms with Crippen molar-refractivity contribution in [2.24, 2.45) is 0 Å². The van der Waals surface area contributed by atoms with Crippen LogP contribution in [0.15, 0.2) is 42.5 Å². The van der Waals surface area contributed by atoms with E-state index in [0.29, 0.717) is 11.4 Å². The van der Waals surface area contributed by atoms with Crippen molar-refractivity contribution < 1.29 is 14.3 Å². The van der Waals surface area contributed by atoms with Gasteiger partial charge < -0.3 is 19.7 Å². The fourth-order valence-corrected chi connectivity index (χ4v) is 3.64. The zero-order valence-electron chi connectivity index (χ0n) is 16.6. The monoisotopic (exact) mass is 402 g/mol. The highest BCUT2D eigenvalue weighted by atomic mass is 35.5. The Balaban J connectivity index is 1.57. The molecule has 0 spiro atoms. The third-order valence-corrected chi connectivity index (χ3v) is 4.90. The van der Waals surface area contributed by atoms with E-state index in [2.05, 4.69) is 10.2 Å². The van der Waals surface area contributed by atoms with E-state index in [0.717, 1.165) is 42.3 Å². The molecular weight excluding hydrogens is 376 g/mol. The highest BCUT2D eigenvalue weighted by Gasteiger charge is 2.26. The number of carbonyl (C=O) groups excluding carboxylic acids is 1. The number of methoxy groups -OCH3 is 1. The van der Waals surface area contributed by atoms with E-state index in [1.807, 2.05) is 56.3 Å². The maximum Gasteiger partial charge on any atom is 0.224 e. The summed E-state index contributed by atoms with van der Waals surface area (Å²) in [4.78, 5) is 14.7. The Kier molecular flexibility index (Phi) is 6.68. The molecule has 1 aliphatic rings. The highest BCUT2D eigenvalue weighted by Crippen LogP contribution is 2.33. The van der Waals surface area contributed by atoms with Gasteiger partial charge in [-0.25, -0.2) is 0 Å². The van der Waals surface area contributed by atoms with Crippen molar-refractivity contribution in [3.63, 3.8) is 0 Å². The Morgan fingerprint density at radius 2 is 2.11 bits per heavy atom. The first kappa shape index (κ1) is 20.3. The molecule has 1 aliphatic heterocycles. The van der Waals surface area contributed by atoms with Crippen molar-refractivity contribution in [2.45, 2.75) is 38.8 Å². The Morgan fingerprint density at radius 1 is 1.29 bits per heavy atom. The molecule has 1 atom stereocenters. The predicted molar refractivity (Wildman–Crippen MR) is 113 cm³/mol. The molecule has 1 N–H and O–H groups in total. The van der Waals surface area contributed by atoms with Gasteiger partial charge in [0.1, 0.15) is 11.5 Å². The quantitative estimate of drug-likeness (QED) is 0.758. The van der Waals surface area contributed by atoms with E-state index >= 15 is 0 Å². The van der Waals surface area contributed by atoms with Crippen molar-refractivity contribution >= 4 is 23.2 Å². The van der Waals surface area contributed by atoms with Crippen LogP contribution < -0.4 is 19.7 Å². The van der Waals surface area contributed by atoms with E-state index in [1.165, 1.54) is 0 Å². The Hall–Kier alpha value is -2.40. The van der Waals surface area contributed by atoms with E-state index in [1.54, 1.807) is 7.11 Å². The molecule has 3 rings (SSSR count). The van der Waals surface area contributed by atoms with Crippen LogP contribution in [0.1, 0.15) is 25.8 Å². The number of nitrogens with one attached hydrogen (secondary N) is 1. The van der Waals surface area contributed by atoms with Crippen LogP contribution in [0.3, 0.4) is 0 Å². The number of amides is 1. The molecule has 0 saturated carbocycles. The number of anilines is 1. The highest BCUT2D eigenvalue weighted by molar-refractivity contribution is 6.30. The van der Waals surface area contributed by atoms with Crippen molar-refractivity contribution in [1.29, 1.82) is 0 Å². The molecule has 1 amide bonds. The van der Waals surface area contributed by atoms with Gasteiger partial charge in [-0.05, 0) is 56.2 Å². The van der Waals surface area contributed by atoms with Crippen LogP contribution in [-0.2, 0) is 11.2 Å². The van der Waals surface area contributed by atoms with Crippen molar-refractivity contribution in [2.75, 3.05) is 25.1 Å². The Labute approximate surface area is 171 Å². The third kappa shape index (κ3) is 5.32. The van der Waals surface area contributed by atoms with Crippen LogP contribution >= 0.6 is 11.6 Å². The van der Waals surface area contributed by atoms with Gasteiger partial charge in [0.15, 0.2) is 0 Å². The third-order valence-electron chi connectivity index (χ3n) is 4.67. The summed E-state index contributed by atoms with van der Waals surface area (Å²) in [7, 11) is 1.65. The van der Waals surface area contributed by atoms with E-state index < -0.39 is 0 Å².